The predicted molar refractivity (Wildman–Crippen MR) is 100 cm³/mol. The third-order valence-corrected chi connectivity index (χ3v) is 4.52. The van der Waals surface area contributed by atoms with Crippen LogP contribution >= 0.6 is 11.8 Å². The number of benzene rings is 1. The van der Waals surface area contributed by atoms with Crippen LogP contribution in [0.25, 0.3) is 0 Å². The fourth-order valence-electron chi connectivity index (χ4n) is 1.88. The van der Waals surface area contributed by atoms with Crippen LogP contribution in [0.2, 0.25) is 0 Å². The second-order valence-electron chi connectivity index (χ2n) is 5.58. The normalized spacial score (nSPS) is 11.5. The molecule has 0 spiro atoms. The molecule has 0 saturated carbocycles. The minimum Gasteiger partial charge on any atom is -0.452 e. The number of thioether (sulfide) groups is 1. The quantitative estimate of drug-likeness (QED) is 0.343. The largest absolute Gasteiger partial charge is 0.452 e. The fraction of sp³-hybridized carbons (Fsp3) is 0.500. The van der Waals surface area contributed by atoms with E-state index in [0.717, 1.165) is 6.42 Å². The highest BCUT2D eigenvalue weighted by atomic mass is 32.2. The van der Waals surface area contributed by atoms with E-state index >= 15 is 0 Å². The summed E-state index contributed by atoms with van der Waals surface area (Å²) < 4.78 is 9.95. The van der Waals surface area contributed by atoms with Gasteiger partial charge in [0.1, 0.15) is 0 Å². The van der Waals surface area contributed by atoms with E-state index in [-0.39, 0.29) is 30.2 Å². The lowest BCUT2D eigenvalue weighted by Gasteiger charge is -2.12. The third-order valence-electron chi connectivity index (χ3n) is 3.45. The molecule has 1 aromatic rings. The Kier molecular flexibility index (Phi) is 10.4. The van der Waals surface area contributed by atoms with Gasteiger partial charge in [0.25, 0.3) is 5.91 Å². The van der Waals surface area contributed by atoms with Crippen LogP contribution in [0.3, 0.4) is 0 Å². The number of hydrogen-bond donors (Lipinski definition) is 2. The Hall–Kier alpha value is -2.06. The van der Waals surface area contributed by atoms with Crippen molar-refractivity contribution in [3.8, 4) is 0 Å². The van der Waals surface area contributed by atoms with Crippen LogP contribution in [-0.4, -0.2) is 56.4 Å². The van der Waals surface area contributed by atoms with Crippen molar-refractivity contribution in [3.05, 3.63) is 29.8 Å². The van der Waals surface area contributed by atoms with E-state index in [4.69, 9.17) is 9.47 Å². The van der Waals surface area contributed by atoms with Gasteiger partial charge in [0, 0.05) is 24.6 Å². The van der Waals surface area contributed by atoms with E-state index in [2.05, 4.69) is 10.6 Å². The second kappa shape index (κ2) is 12.3. The maximum Gasteiger partial charge on any atom is 0.339 e. The van der Waals surface area contributed by atoms with Crippen molar-refractivity contribution in [3.63, 3.8) is 0 Å². The Labute approximate surface area is 158 Å². The Balaban J connectivity index is 2.55. The molecule has 2 N–H and O–H groups in total. The van der Waals surface area contributed by atoms with E-state index in [1.165, 1.54) is 11.8 Å². The SMILES string of the molecule is CCC(C)NC(=O)COC(=O)c1ccccc1SCC(=O)NCCOC. The summed E-state index contributed by atoms with van der Waals surface area (Å²) in [5, 5.41) is 5.44. The number of esters is 1. The predicted octanol–water partition coefficient (Wildman–Crippen LogP) is 1.61. The highest BCUT2D eigenvalue weighted by molar-refractivity contribution is 8.00. The van der Waals surface area contributed by atoms with Gasteiger partial charge < -0.3 is 20.1 Å². The number of ether oxygens (including phenoxy) is 2. The average Bonchev–Trinajstić information content (AvgIpc) is 2.64. The summed E-state index contributed by atoms with van der Waals surface area (Å²) in [5.41, 5.74) is 0.332. The van der Waals surface area contributed by atoms with Crippen LogP contribution in [0.1, 0.15) is 30.6 Å². The molecule has 1 unspecified atom stereocenters. The summed E-state index contributed by atoms with van der Waals surface area (Å²) in [6.45, 7) is 4.38. The first-order chi connectivity index (χ1) is 12.5. The number of nitrogens with one attached hydrogen (secondary N) is 2. The first-order valence-corrected chi connectivity index (χ1v) is 9.40. The van der Waals surface area contributed by atoms with Crippen molar-refractivity contribution >= 4 is 29.5 Å². The van der Waals surface area contributed by atoms with Crippen molar-refractivity contribution in [2.75, 3.05) is 32.6 Å². The molecule has 0 aliphatic rings. The molecule has 1 rings (SSSR count). The number of hydrogen-bond acceptors (Lipinski definition) is 6. The average molecular weight is 382 g/mol. The lowest BCUT2D eigenvalue weighted by atomic mass is 10.2. The summed E-state index contributed by atoms with van der Waals surface area (Å²) in [6.07, 6.45) is 0.797. The molecule has 0 aliphatic carbocycles. The summed E-state index contributed by atoms with van der Waals surface area (Å²) in [4.78, 5) is 36.4. The molecule has 0 heterocycles. The van der Waals surface area contributed by atoms with Crippen molar-refractivity contribution in [1.82, 2.24) is 10.6 Å². The number of amides is 2. The van der Waals surface area contributed by atoms with E-state index < -0.39 is 5.97 Å². The van der Waals surface area contributed by atoms with Crippen molar-refractivity contribution in [1.29, 1.82) is 0 Å². The second-order valence-corrected chi connectivity index (χ2v) is 6.60. The van der Waals surface area contributed by atoms with Gasteiger partial charge in [0.2, 0.25) is 5.91 Å². The third kappa shape index (κ3) is 8.35. The van der Waals surface area contributed by atoms with Crippen LogP contribution in [0.5, 0.6) is 0 Å². The topological polar surface area (TPSA) is 93.7 Å². The zero-order valence-corrected chi connectivity index (χ0v) is 16.2. The number of carbonyl (C=O) groups excluding carboxylic acids is 3. The van der Waals surface area contributed by atoms with Crippen LogP contribution in [-0.2, 0) is 19.1 Å². The molecule has 0 radical (unpaired) electrons. The van der Waals surface area contributed by atoms with Gasteiger partial charge >= 0.3 is 5.97 Å². The highest BCUT2D eigenvalue weighted by Crippen LogP contribution is 2.23. The molecule has 8 heteroatoms. The molecule has 0 saturated heterocycles. The van der Waals surface area contributed by atoms with Gasteiger partial charge in [-0.25, -0.2) is 4.79 Å². The van der Waals surface area contributed by atoms with Gasteiger partial charge in [-0.3, -0.25) is 9.59 Å². The van der Waals surface area contributed by atoms with Crippen LogP contribution in [0, 0.1) is 0 Å². The minimum absolute atomic E-state index is 0.0284. The lowest BCUT2D eigenvalue weighted by Crippen LogP contribution is -2.35. The Bertz CT molecular complexity index is 609. The molecule has 0 aliphatic heterocycles. The van der Waals surface area contributed by atoms with Crippen LogP contribution in [0.15, 0.2) is 29.2 Å². The van der Waals surface area contributed by atoms with Crippen molar-refractivity contribution < 1.29 is 23.9 Å². The maximum atomic E-state index is 12.2. The molecule has 1 atom stereocenters. The fourth-order valence-corrected chi connectivity index (χ4v) is 2.75. The molecule has 2 amide bonds. The van der Waals surface area contributed by atoms with Gasteiger partial charge in [-0.1, -0.05) is 19.1 Å². The van der Waals surface area contributed by atoms with E-state index in [9.17, 15) is 14.4 Å². The molecular formula is C18H26N2O5S. The zero-order chi connectivity index (χ0) is 19.4. The standard InChI is InChI=1S/C18H26N2O5S/c1-4-13(2)20-16(21)11-25-18(23)14-7-5-6-8-15(14)26-12-17(22)19-9-10-24-3/h5-8,13H,4,9-12H2,1-3H3,(H,19,22)(H,20,21). The van der Waals surface area contributed by atoms with Crippen molar-refractivity contribution in [2.45, 2.75) is 31.2 Å². The summed E-state index contributed by atoms with van der Waals surface area (Å²) >= 11 is 1.24. The molecule has 1 aromatic carbocycles. The van der Waals surface area contributed by atoms with E-state index in [1.54, 1.807) is 31.4 Å². The lowest BCUT2D eigenvalue weighted by molar-refractivity contribution is -0.124. The van der Waals surface area contributed by atoms with Crippen molar-refractivity contribution in [2.24, 2.45) is 0 Å². The zero-order valence-electron chi connectivity index (χ0n) is 15.4. The number of carbonyl (C=O) groups is 3. The maximum absolute atomic E-state index is 12.2. The van der Waals surface area contributed by atoms with Crippen LogP contribution < -0.4 is 10.6 Å². The Morgan fingerprint density at radius 2 is 1.92 bits per heavy atom. The first kappa shape index (κ1) is 22.0. The van der Waals surface area contributed by atoms with Gasteiger partial charge in [-0.2, -0.15) is 0 Å². The highest BCUT2D eigenvalue weighted by Gasteiger charge is 2.16. The Morgan fingerprint density at radius 1 is 1.19 bits per heavy atom. The smallest absolute Gasteiger partial charge is 0.339 e. The molecule has 0 bridgehead atoms. The summed E-state index contributed by atoms with van der Waals surface area (Å²) in [7, 11) is 1.56. The summed E-state index contributed by atoms with van der Waals surface area (Å²) in [5.74, 6) is -0.909. The Morgan fingerprint density at radius 3 is 2.62 bits per heavy atom. The molecule has 0 fully saturated rings. The van der Waals surface area contributed by atoms with Gasteiger partial charge in [0.05, 0.1) is 17.9 Å². The monoisotopic (exact) mass is 382 g/mol. The number of rotatable bonds is 11. The molecule has 26 heavy (non-hydrogen) atoms. The molecule has 0 aromatic heterocycles. The molecule has 7 nitrogen and oxygen atoms in total. The van der Waals surface area contributed by atoms with E-state index in [1.807, 2.05) is 13.8 Å². The van der Waals surface area contributed by atoms with Crippen LogP contribution in [0.4, 0.5) is 0 Å². The number of methoxy groups -OCH3 is 1. The van der Waals surface area contributed by atoms with E-state index in [0.29, 0.717) is 23.6 Å². The van der Waals surface area contributed by atoms with Gasteiger partial charge in [0.15, 0.2) is 6.61 Å². The minimum atomic E-state index is -0.591. The van der Waals surface area contributed by atoms with Gasteiger partial charge in [-0.05, 0) is 25.5 Å². The molecular weight excluding hydrogens is 356 g/mol. The first-order valence-electron chi connectivity index (χ1n) is 8.41. The van der Waals surface area contributed by atoms with Gasteiger partial charge in [-0.15, -0.1) is 11.8 Å². The molecule has 144 valence electrons. The summed E-state index contributed by atoms with van der Waals surface area (Å²) in [6, 6.07) is 6.86.